The van der Waals surface area contributed by atoms with E-state index in [1.165, 1.54) is 43.4 Å². The molecule has 1 saturated heterocycles. The van der Waals surface area contributed by atoms with Crippen molar-refractivity contribution in [2.45, 2.75) is 57.9 Å². The number of hydrogen-bond donors (Lipinski definition) is 3. The van der Waals surface area contributed by atoms with E-state index in [1.54, 1.807) is 6.92 Å². The van der Waals surface area contributed by atoms with Crippen LogP contribution in [0.3, 0.4) is 0 Å². The molecule has 3 N–H and O–H groups in total. The standard InChI is InChI=1S/C21H35N3O3/c1-15(20(26)22-2-3-24-4-6-27-7-5-24)23-19(25)14-21-11-16-8-17(12-21)10-18(9-16)13-21/h15-18H,2-14H2,1H3,(H,22,26)(H,23,25)/p+1/t15-,16?,17?,18?,21?/m0/s1. The lowest BCUT2D eigenvalue weighted by Gasteiger charge is -2.56. The molecule has 0 radical (unpaired) electrons. The van der Waals surface area contributed by atoms with Crippen molar-refractivity contribution >= 4 is 11.8 Å². The zero-order valence-electron chi connectivity index (χ0n) is 16.7. The van der Waals surface area contributed by atoms with Gasteiger partial charge in [0.25, 0.3) is 0 Å². The summed E-state index contributed by atoms with van der Waals surface area (Å²) in [5.41, 5.74) is 0.231. The first-order valence-electron chi connectivity index (χ1n) is 11.0. The van der Waals surface area contributed by atoms with Crippen molar-refractivity contribution < 1.29 is 19.2 Å². The Morgan fingerprint density at radius 2 is 1.67 bits per heavy atom. The topological polar surface area (TPSA) is 71.9 Å². The van der Waals surface area contributed by atoms with Crippen molar-refractivity contribution in [1.82, 2.24) is 10.6 Å². The van der Waals surface area contributed by atoms with Crippen molar-refractivity contribution in [2.24, 2.45) is 23.2 Å². The van der Waals surface area contributed by atoms with E-state index in [2.05, 4.69) is 10.6 Å². The molecule has 0 aromatic heterocycles. The van der Waals surface area contributed by atoms with Gasteiger partial charge in [0.1, 0.15) is 19.1 Å². The highest BCUT2D eigenvalue weighted by Gasteiger charge is 2.51. The molecule has 152 valence electrons. The first kappa shape index (κ1) is 19.2. The summed E-state index contributed by atoms with van der Waals surface area (Å²) in [6.07, 6.45) is 8.49. The average Bonchev–Trinajstić information content (AvgIpc) is 2.60. The summed E-state index contributed by atoms with van der Waals surface area (Å²) in [5, 5.41) is 5.94. The molecular formula is C21H36N3O3+. The van der Waals surface area contributed by atoms with Crippen molar-refractivity contribution in [1.29, 1.82) is 0 Å². The Morgan fingerprint density at radius 1 is 1.07 bits per heavy atom. The number of nitrogens with one attached hydrogen (secondary N) is 3. The van der Waals surface area contributed by atoms with Gasteiger partial charge in [-0.15, -0.1) is 0 Å². The van der Waals surface area contributed by atoms with E-state index < -0.39 is 6.04 Å². The smallest absolute Gasteiger partial charge is 0.242 e. The van der Waals surface area contributed by atoms with Gasteiger partial charge in [-0.2, -0.15) is 0 Å². The van der Waals surface area contributed by atoms with Crippen LogP contribution in [0, 0.1) is 23.2 Å². The third kappa shape index (κ3) is 4.65. The SMILES string of the molecule is C[C@H](NC(=O)CC12CC3CC(CC(C3)C1)C2)C(=O)NCC[NH+]1CCOCC1. The fourth-order valence-electron chi connectivity index (χ4n) is 6.63. The van der Waals surface area contributed by atoms with E-state index in [0.717, 1.165) is 50.6 Å². The molecule has 0 spiro atoms. The summed E-state index contributed by atoms with van der Waals surface area (Å²) in [5.74, 6) is 2.56. The molecule has 4 saturated carbocycles. The molecular weight excluding hydrogens is 342 g/mol. The van der Waals surface area contributed by atoms with Crippen LogP contribution >= 0.6 is 0 Å². The minimum absolute atomic E-state index is 0.0680. The Kier molecular flexibility index (Phi) is 5.74. The predicted octanol–water partition coefficient (Wildman–Crippen LogP) is 0.129. The Labute approximate surface area is 162 Å². The Balaban J connectivity index is 1.19. The lowest BCUT2D eigenvalue weighted by molar-refractivity contribution is -0.906. The van der Waals surface area contributed by atoms with Crippen LogP contribution in [-0.2, 0) is 14.3 Å². The fourth-order valence-corrected chi connectivity index (χ4v) is 6.63. The number of amides is 2. The molecule has 1 atom stereocenters. The maximum Gasteiger partial charge on any atom is 0.242 e. The van der Waals surface area contributed by atoms with Gasteiger partial charge in [0.15, 0.2) is 0 Å². The van der Waals surface area contributed by atoms with E-state index in [1.807, 2.05) is 0 Å². The molecule has 1 heterocycles. The average molecular weight is 379 g/mol. The predicted molar refractivity (Wildman–Crippen MR) is 102 cm³/mol. The normalized spacial score (nSPS) is 36.4. The molecule has 5 aliphatic rings. The number of ether oxygens (including phenoxy) is 1. The number of quaternary nitrogens is 1. The van der Waals surface area contributed by atoms with E-state index in [9.17, 15) is 9.59 Å². The summed E-state index contributed by atoms with van der Waals surface area (Å²) >= 11 is 0. The van der Waals surface area contributed by atoms with Gasteiger partial charge in [-0.25, -0.2) is 0 Å². The molecule has 5 fully saturated rings. The van der Waals surface area contributed by atoms with Gasteiger partial charge in [0, 0.05) is 6.42 Å². The molecule has 0 unspecified atom stereocenters. The van der Waals surface area contributed by atoms with E-state index in [0.29, 0.717) is 13.0 Å². The summed E-state index contributed by atoms with van der Waals surface area (Å²) in [6.45, 7) is 7.00. The molecule has 0 aromatic carbocycles. The highest BCUT2D eigenvalue weighted by molar-refractivity contribution is 5.87. The number of hydrogen-bond acceptors (Lipinski definition) is 3. The number of morpholine rings is 1. The van der Waals surface area contributed by atoms with E-state index in [-0.39, 0.29) is 17.2 Å². The summed E-state index contributed by atoms with van der Waals surface area (Å²) in [6, 6.07) is -0.453. The molecule has 2 amide bonds. The van der Waals surface area contributed by atoms with Crippen LogP contribution < -0.4 is 15.5 Å². The lowest BCUT2D eigenvalue weighted by Crippen LogP contribution is -3.14. The van der Waals surface area contributed by atoms with Crippen LogP contribution in [0.5, 0.6) is 0 Å². The third-order valence-electron chi connectivity index (χ3n) is 7.45. The van der Waals surface area contributed by atoms with Gasteiger partial charge in [0.05, 0.1) is 26.3 Å². The van der Waals surface area contributed by atoms with Gasteiger partial charge < -0.3 is 20.3 Å². The van der Waals surface area contributed by atoms with Crippen molar-refractivity contribution in [2.75, 3.05) is 39.4 Å². The van der Waals surface area contributed by atoms with Crippen molar-refractivity contribution in [3.63, 3.8) is 0 Å². The third-order valence-corrected chi connectivity index (χ3v) is 7.45. The molecule has 6 nitrogen and oxygen atoms in total. The second-order valence-corrected chi connectivity index (χ2v) is 9.79. The quantitative estimate of drug-likeness (QED) is 0.590. The van der Waals surface area contributed by atoms with Crippen LogP contribution in [0.15, 0.2) is 0 Å². The molecule has 5 rings (SSSR count). The number of carbonyl (C=O) groups is 2. The minimum Gasteiger partial charge on any atom is -0.370 e. The monoisotopic (exact) mass is 378 g/mol. The summed E-state index contributed by atoms with van der Waals surface area (Å²) in [7, 11) is 0. The molecule has 4 bridgehead atoms. The van der Waals surface area contributed by atoms with Crippen LogP contribution in [0.1, 0.15) is 51.9 Å². The van der Waals surface area contributed by atoms with Gasteiger partial charge in [-0.05, 0) is 68.6 Å². The summed E-state index contributed by atoms with van der Waals surface area (Å²) in [4.78, 5) is 26.5. The largest absolute Gasteiger partial charge is 0.370 e. The highest BCUT2D eigenvalue weighted by Crippen LogP contribution is 2.61. The molecule has 27 heavy (non-hydrogen) atoms. The lowest BCUT2D eigenvalue weighted by atomic mass is 9.49. The minimum atomic E-state index is -0.453. The van der Waals surface area contributed by atoms with Gasteiger partial charge in [-0.1, -0.05) is 0 Å². The van der Waals surface area contributed by atoms with Crippen molar-refractivity contribution in [3.05, 3.63) is 0 Å². The maximum atomic E-state index is 12.7. The summed E-state index contributed by atoms with van der Waals surface area (Å²) < 4.78 is 5.35. The van der Waals surface area contributed by atoms with Gasteiger partial charge >= 0.3 is 0 Å². The second-order valence-electron chi connectivity index (χ2n) is 9.79. The van der Waals surface area contributed by atoms with E-state index >= 15 is 0 Å². The number of rotatable bonds is 7. The van der Waals surface area contributed by atoms with Crippen LogP contribution in [0.25, 0.3) is 0 Å². The molecule has 4 aliphatic carbocycles. The number of carbonyl (C=O) groups excluding carboxylic acids is 2. The zero-order chi connectivity index (χ0) is 18.9. The van der Waals surface area contributed by atoms with Gasteiger partial charge in [0.2, 0.25) is 11.8 Å². The Bertz CT molecular complexity index is 524. The van der Waals surface area contributed by atoms with Crippen LogP contribution in [-0.4, -0.2) is 57.2 Å². The first-order valence-corrected chi connectivity index (χ1v) is 11.0. The molecule has 6 heteroatoms. The molecule has 0 aromatic rings. The maximum absolute atomic E-state index is 12.7. The van der Waals surface area contributed by atoms with Crippen LogP contribution in [0.2, 0.25) is 0 Å². The Morgan fingerprint density at radius 3 is 2.26 bits per heavy atom. The van der Waals surface area contributed by atoms with Crippen molar-refractivity contribution in [3.8, 4) is 0 Å². The van der Waals surface area contributed by atoms with E-state index in [4.69, 9.17) is 4.74 Å². The highest BCUT2D eigenvalue weighted by atomic mass is 16.5. The fraction of sp³-hybridized carbons (Fsp3) is 0.905. The zero-order valence-corrected chi connectivity index (χ0v) is 16.7. The van der Waals surface area contributed by atoms with Crippen LogP contribution in [0.4, 0.5) is 0 Å². The Hall–Kier alpha value is -1.14. The van der Waals surface area contributed by atoms with Gasteiger partial charge in [-0.3, -0.25) is 9.59 Å². The second kappa shape index (κ2) is 8.08. The first-order chi connectivity index (χ1) is 13.0. The molecule has 1 aliphatic heterocycles.